The summed E-state index contributed by atoms with van der Waals surface area (Å²) in [6.07, 6.45) is 12.9. The minimum atomic E-state index is 0.444. The molecule has 0 rings (SSSR count). The Morgan fingerprint density at radius 3 is 1.80 bits per heavy atom. The van der Waals surface area contributed by atoms with Crippen molar-refractivity contribution in [2.45, 2.75) is 91.6 Å². The van der Waals surface area contributed by atoms with E-state index in [0.29, 0.717) is 6.10 Å². The van der Waals surface area contributed by atoms with Crippen LogP contribution in [0, 0.1) is 0 Å². The van der Waals surface area contributed by atoms with Crippen LogP contribution in [0.1, 0.15) is 85.5 Å². The van der Waals surface area contributed by atoms with Gasteiger partial charge in [0.15, 0.2) is 0 Å². The van der Waals surface area contributed by atoms with Crippen LogP contribution >= 0.6 is 0 Å². The summed E-state index contributed by atoms with van der Waals surface area (Å²) in [7, 11) is 0. The highest BCUT2D eigenvalue weighted by Crippen LogP contribution is 2.12. The second-order valence-corrected chi connectivity index (χ2v) is 5.83. The third-order valence-electron chi connectivity index (χ3n) is 4.14. The molecule has 122 valence electrons. The van der Waals surface area contributed by atoms with E-state index in [4.69, 9.17) is 4.74 Å². The number of likely N-dealkylation sites (N-methyl/N-ethyl adjacent to an activating group) is 1. The van der Waals surface area contributed by atoms with Crippen LogP contribution in [-0.4, -0.2) is 37.2 Å². The van der Waals surface area contributed by atoms with E-state index in [2.05, 4.69) is 32.6 Å². The summed E-state index contributed by atoms with van der Waals surface area (Å²) in [6.45, 7) is 13.1. The van der Waals surface area contributed by atoms with Gasteiger partial charge in [0.1, 0.15) is 0 Å². The average Bonchev–Trinajstić information content (AvgIpc) is 2.47. The largest absolute Gasteiger partial charge is 0.377 e. The van der Waals surface area contributed by atoms with Gasteiger partial charge in [-0.05, 0) is 26.4 Å². The molecule has 0 amide bonds. The van der Waals surface area contributed by atoms with Gasteiger partial charge < -0.3 is 9.64 Å². The first-order valence-corrected chi connectivity index (χ1v) is 9.12. The molecule has 2 nitrogen and oxygen atoms in total. The number of rotatable bonds is 15. The minimum Gasteiger partial charge on any atom is -0.377 e. The smallest absolute Gasteiger partial charge is 0.0701 e. The maximum Gasteiger partial charge on any atom is 0.0701 e. The molecule has 0 saturated carbocycles. The van der Waals surface area contributed by atoms with Crippen molar-refractivity contribution in [3.05, 3.63) is 0 Å². The Balaban J connectivity index is 3.59. The molecule has 0 bridgehead atoms. The second kappa shape index (κ2) is 15.3. The van der Waals surface area contributed by atoms with Crippen molar-refractivity contribution in [2.24, 2.45) is 0 Å². The van der Waals surface area contributed by atoms with Crippen LogP contribution in [-0.2, 0) is 4.74 Å². The van der Waals surface area contributed by atoms with Crippen LogP contribution in [0.15, 0.2) is 0 Å². The molecule has 0 heterocycles. The molecular formula is C18H39NO. The molecule has 20 heavy (non-hydrogen) atoms. The zero-order chi connectivity index (χ0) is 15.1. The SMILES string of the molecule is CCCCCCCCCCC(CN(CC)CC)OCC. The van der Waals surface area contributed by atoms with Gasteiger partial charge in [-0.15, -0.1) is 0 Å². The molecule has 0 N–H and O–H groups in total. The van der Waals surface area contributed by atoms with E-state index in [-0.39, 0.29) is 0 Å². The topological polar surface area (TPSA) is 12.5 Å². The van der Waals surface area contributed by atoms with Crippen LogP contribution in [0.4, 0.5) is 0 Å². The lowest BCUT2D eigenvalue weighted by atomic mass is 10.1. The lowest BCUT2D eigenvalue weighted by Crippen LogP contribution is -2.33. The molecule has 0 aromatic carbocycles. The zero-order valence-corrected chi connectivity index (χ0v) is 14.6. The second-order valence-electron chi connectivity index (χ2n) is 5.83. The molecular weight excluding hydrogens is 246 g/mol. The first-order valence-electron chi connectivity index (χ1n) is 9.12. The van der Waals surface area contributed by atoms with Gasteiger partial charge in [-0.3, -0.25) is 0 Å². The van der Waals surface area contributed by atoms with Crippen molar-refractivity contribution in [2.75, 3.05) is 26.2 Å². The summed E-state index contributed by atoms with van der Waals surface area (Å²) in [6, 6.07) is 0. The standard InChI is InChI=1S/C18H39NO/c1-5-9-10-11-12-13-14-15-16-18(20-8-4)17-19(6-2)7-3/h18H,5-17H2,1-4H3. The Kier molecular flexibility index (Phi) is 15.3. The third-order valence-corrected chi connectivity index (χ3v) is 4.14. The highest BCUT2D eigenvalue weighted by atomic mass is 16.5. The predicted octanol–water partition coefficient (Wildman–Crippen LogP) is 5.26. The fraction of sp³-hybridized carbons (Fsp3) is 1.00. The van der Waals surface area contributed by atoms with Gasteiger partial charge in [-0.2, -0.15) is 0 Å². The van der Waals surface area contributed by atoms with Crippen molar-refractivity contribution in [1.29, 1.82) is 0 Å². The average molecular weight is 286 g/mol. The first kappa shape index (κ1) is 19.9. The summed E-state index contributed by atoms with van der Waals surface area (Å²) >= 11 is 0. The summed E-state index contributed by atoms with van der Waals surface area (Å²) < 4.78 is 5.89. The van der Waals surface area contributed by atoms with Crippen LogP contribution in [0.5, 0.6) is 0 Å². The molecule has 0 saturated heterocycles. The molecule has 0 aliphatic carbocycles. The molecule has 0 fully saturated rings. The van der Waals surface area contributed by atoms with Gasteiger partial charge in [0.25, 0.3) is 0 Å². The quantitative estimate of drug-likeness (QED) is 0.380. The Morgan fingerprint density at radius 1 is 0.750 bits per heavy atom. The first-order chi connectivity index (χ1) is 9.78. The molecule has 0 radical (unpaired) electrons. The van der Waals surface area contributed by atoms with Crippen LogP contribution in [0.2, 0.25) is 0 Å². The summed E-state index contributed by atoms with van der Waals surface area (Å²) in [5.74, 6) is 0. The van der Waals surface area contributed by atoms with Gasteiger partial charge in [0, 0.05) is 13.2 Å². The lowest BCUT2D eigenvalue weighted by molar-refractivity contribution is 0.0288. The molecule has 1 atom stereocenters. The maximum absolute atomic E-state index is 5.89. The Labute approximate surface area is 128 Å². The minimum absolute atomic E-state index is 0.444. The van der Waals surface area contributed by atoms with Crippen molar-refractivity contribution in [3.8, 4) is 0 Å². The number of nitrogens with zero attached hydrogens (tertiary/aromatic N) is 1. The molecule has 2 heteroatoms. The van der Waals surface area contributed by atoms with E-state index in [9.17, 15) is 0 Å². The van der Waals surface area contributed by atoms with Gasteiger partial charge in [-0.1, -0.05) is 72.1 Å². The van der Waals surface area contributed by atoms with Crippen molar-refractivity contribution in [3.63, 3.8) is 0 Å². The number of hydrogen-bond donors (Lipinski definition) is 0. The van der Waals surface area contributed by atoms with Gasteiger partial charge in [0.2, 0.25) is 0 Å². The summed E-state index contributed by atoms with van der Waals surface area (Å²) in [5, 5.41) is 0. The fourth-order valence-corrected chi connectivity index (χ4v) is 2.74. The number of hydrogen-bond acceptors (Lipinski definition) is 2. The van der Waals surface area contributed by atoms with Gasteiger partial charge >= 0.3 is 0 Å². The highest BCUT2D eigenvalue weighted by molar-refractivity contribution is 4.65. The molecule has 0 aliphatic heterocycles. The van der Waals surface area contributed by atoms with Crippen molar-refractivity contribution in [1.82, 2.24) is 4.90 Å². The Morgan fingerprint density at radius 2 is 1.30 bits per heavy atom. The maximum atomic E-state index is 5.89. The van der Waals surface area contributed by atoms with Crippen LogP contribution in [0.25, 0.3) is 0 Å². The number of unbranched alkanes of at least 4 members (excludes halogenated alkanes) is 7. The molecule has 0 aliphatic rings. The summed E-state index contributed by atoms with van der Waals surface area (Å²) in [5.41, 5.74) is 0. The van der Waals surface area contributed by atoms with E-state index in [0.717, 1.165) is 26.2 Å². The molecule has 1 unspecified atom stereocenters. The van der Waals surface area contributed by atoms with Crippen LogP contribution < -0.4 is 0 Å². The van der Waals surface area contributed by atoms with Crippen molar-refractivity contribution < 1.29 is 4.74 Å². The van der Waals surface area contributed by atoms with Crippen molar-refractivity contribution >= 4 is 0 Å². The van der Waals surface area contributed by atoms with E-state index < -0.39 is 0 Å². The number of ether oxygens (including phenoxy) is 1. The van der Waals surface area contributed by atoms with E-state index in [1.807, 2.05) is 0 Å². The van der Waals surface area contributed by atoms with Gasteiger partial charge in [-0.25, -0.2) is 0 Å². The third kappa shape index (κ3) is 11.7. The molecule has 0 aromatic rings. The van der Waals surface area contributed by atoms with Crippen LogP contribution in [0.3, 0.4) is 0 Å². The van der Waals surface area contributed by atoms with Gasteiger partial charge in [0.05, 0.1) is 6.10 Å². The fourth-order valence-electron chi connectivity index (χ4n) is 2.74. The van der Waals surface area contributed by atoms with E-state index >= 15 is 0 Å². The Hall–Kier alpha value is -0.0800. The molecule has 0 spiro atoms. The highest BCUT2D eigenvalue weighted by Gasteiger charge is 2.11. The normalized spacial score (nSPS) is 13.1. The lowest BCUT2D eigenvalue weighted by Gasteiger charge is -2.25. The predicted molar refractivity (Wildman–Crippen MR) is 90.4 cm³/mol. The monoisotopic (exact) mass is 285 g/mol. The van der Waals surface area contributed by atoms with E-state index in [1.54, 1.807) is 0 Å². The summed E-state index contributed by atoms with van der Waals surface area (Å²) in [4.78, 5) is 2.48. The van der Waals surface area contributed by atoms with E-state index in [1.165, 1.54) is 57.8 Å². The Bertz CT molecular complexity index is 180. The molecule has 0 aromatic heterocycles. The zero-order valence-electron chi connectivity index (χ0n) is 14.6.